The summed E-state index contributed by atoms with van der Waals surface area (Å²) in [6, 6.07) is 0. The Kier molecular flexibility index (Phi) is 64.7. The summed E-state index contributed by atoms with van der Waals surface area (Å²) in [5.74, 6) is 2.77. The fraction of sp³-hybridized carbons (Fsp3) is 0.645. The number of hydrazone groups is 2. The van der Waals surface area contributed by atoms with E-state index < -0.39 is 43.8 Å². The maximum absolute atomic E-state index is 10.8. The quantitative estimate of drug-likeness (QED) is 0.0112. The average molecular weight is 1300 g/mol. The summed E-state index contributed by atoms with van der Waals surface area (Å²) in [6.45, 7) is 15.3. The summed E-state index contributed by atoms with van der Waals surface area (Å²) in [5, 5.41) is 158. The fourth-order valence-electron chi connectivity index (χ4n) is 4.77. The van der Waals surface area contributed by atoms with E-state index in [1.807, 2.05) is 0 Å². The molecule has 0 aromatic rings. The van der Waals surface area contributed by atoms with E-state index in [4.69, 9.17) is 50.9 Å². The number of nitrogens with one attached hydrogen (secondary N) is 15. The van der Waals surface area contributed by atoms with Crippen molar-refractivity contribution in [2.75, 3.05) is 78.5 Å². The summed E-state index contributed by atoms with van der Waals surface area (Å²) in [6.07, 6.45) is 1.56. The normalized spacial score (nSPS) is 14.5. The Morgan fingerprint density at radius 2 is 0.921 bits per heavy atom. The summed E-state index contributed by atoms with van der Waals surface area (Å²) in [5.41, 5.74) is 16.9. The van der Waals surface area contributed by atoms with Crippen LogP contribution >= 0.6 is 0 Å². The van der Waals surface area contributed by atoms with E-state index in [0.29, 0.717) is 84.4 Å². The number of hydroxylamine groups is 5. The van der Waals surface area contributed by atoms with Gasteiger partial charge in [0.1, 0.15) is 27.0 Å². The standard InChI is InChI=1S/2C4H8N6O4.C4H7N5O3.C4H6N5O3.C4H8N4O2.C4H6N4O2.2C3H8.CH4.N2O2.H3NO.2HNO/c2*11-8-9(12)4(7-10(13)14)3-5-1-2-6-3;2*10-8-4(7-9(11)12)3-5-1-2-6-3;2*9-7-4(8-10)3-5-1-2-6-3;2*1-3-2;;3-1-2-4;3*1-2/h2*5-7,11H,1-2H2;10H,1-2H2,(H,5,6)(H,7,8);1-2H2,(H2-,5,6,7,8,10);4,7,9H,1-2H2,(H,5,6);9H,1-2H2,(H,5,6);2*3H2,1-2H3;1H4;;2H,1H2;2*1H/q;;;-1;;;;;;;;;/p+2/b9-8-;;;;;;;;;;;;. The molecule has 0 bridgehead atoms. The average Bonchev–Trinajstić information content (AvgIpc) is 2.54. The third kappa shape index (κ3) is 46.1. The van der Waals surface area contributed by atoms with Gasteiger partial charge >= 0.3 is 14.5 Å². The minimum atomic E-state index is -0.956. The topological polar surface area (TPSA) is 862 Å². The monoisotopic (exact) mass is 1300 g/mol. The van der Waals surface area contributed by atoms with Gasteiger partial charge in [-0.05, 0) is 10.4 Å². The van der Waals surface area contributed by atoms with Crippen LogP contribution < -0.4 is 75.7 Å². The smallest absolute Gasteiger partial charge is 0.760 e. The van der Waals surface area contributed by atoms with Gasteiger partial charge in [-0.25, -0.2) is 51.8 Å². The molecule has 506 valence electrons. The van der Waals surface area contributed by atoms with Crippen LogP contribution in [0.3, 0.4) is 0 Å². The second kappa shape index (κ2) is 63.5. The fourth-order valence-corrected chi connectivity index (χ4v) is 4.77. The van der Waals surface area contributed by atoms with E-state index in [9.17, 15) is 65.9 Å². The van der Waals surface area contributed by atoms with Gasteiger partial charge in [-0.2, -0.15) is 15.3 Å². The lowest BCUT2D eigenvalue weighted by molar-refractivity contribution is -0.600. The van der Waals surface area contributed by atoms with Crippen molar-refractivity contribution in [1.82, 2.24) is 69.8 Å². The van der Waals surface area contributed by atoms with Crippen LogP contribution in [0, 0.1) is 96.7 Å². The highest BCUT2D eigenvalue weighted by Crippen LogP contribution is 2.02. The maximum Gasteiger partial charge on any atom is 1.00 e. The first-order valence-electron chi connectivity index (χ1n) is 23.2. The first-order valence-corrected chi connectivity index (χ1v) is 23.2. The summed E-state index contributed by atoms with van der Waals surface area (Å²) >= 11 is 0. The number of amidine groups is 7. The van der Waals surface area contributed by atoms with E-state index in [0.717, 1.165) is 0 Å². The number of nitroso groups, excluding NO2 is 6. The van der Waals surface area contributed by atoms with Gasteiger partial charge in [0.05, 0.1) is 36.4 Å². The van der Waals surface area contributed by atoms with E-state index in [1.54, 1.807) is 32.4 Å². The second-order valence-electron chi connectivity index (χ2n) is 13.6. The molecule has 6 rings (SSSR count). The number of hydrogen-bond acceptors (Lipinski definition) is 41. The van der Waals surface area contributed by atoms with Crippen molar-refractivity contribution >= 4 is 40.8 Å². The molecule has 58 heteroatoms. The van der Waals surface area contributed by atoms with Crippen molar-refractivity contribution in [2.45, 2.75) is 54.1 Å². The predicted octanol–water partition coefficient (Wildman–Crippen LogP) is -3.17. The van der Waals surface area contributed by atoms with Gasteiger partial charge in [-0.3, -0.25) is 25.2 Å². The Morgan fingerprint density at radius 1 is 0.584 bits per heavy atom. The molecule has 1 atom stereocenters. The van der Waals surface area contributed by atoms with Crippen LogP contribution in [0.2, 0.25) is 0 Å². The van der Waals surface area contributed by atoms with Crippen LogP contribution in [0.5, 0.6) is 0 Å². The molecule has 2 saturated heterocycles. The van der Waals surface area contributed by atoms with Crippen LogP contribution in [-0.4, -0.2) is 187 Å². The van der Waals surface area contributed by atoms with Gasteiger partial charge in [0.15, 0.2) is 39.2 Å². The molecule has 2 fully saturated rings. The number of aliphatic imine (C=N–C) groups is 4. The second-order valence-corrected chi connectivity index (χ2v) is 13.6. The van der Waals surface area contributed by atoms with Gasteiger partial charge in [-0.15, -0.1) is 19.6 Å². The number of nitrogens with zero attached hydrogens (tertiary/aromatic N) is 19. The zero-order valence-electron chi connectivity index (χ0n) is 48.2. The van der Waals surface area contributed by atoms with Gasteiger partial charge in [0.2, 0.25) is 22.1 Å². The van der Waals surface area contributed by atoms with E-state index in [-0.39, 0.29) is 60.8 Å². The zero-order chi connectivity index (χ0) is 68.7. The first-order chi connectivity index (χ1) is 42.3. The van der Waals surface area contributed by atoms with Crippen molar-refractivity contribution in [3.8, 4) is 0 Å². The molecule has 0 amide bonds. The number of hydrogen-bond donors (Lipinski definition) is 22. The molecule has 6 aliphatic heterocycles. The number of rotatable bonds is 15. The summed E-state index contributed by atoms with van der Waals surface area (Å²) < 4.78 is 0. The Balaban J connectivity index is -0.000000120. The highest BCUT2D eigenvalue weighted by atomic mass is 16.7. The molecule has 89 heavy (non-hydrogen) atoms. The molecule has 58 nitrogen and oxygen atoms in total. The van der Waals surface area contributed by atoms with Crippen LogP contribution in [0.4, 0.5) is 0 Å². The molecule has 0 aromatic carbocycles. The molecule has 23 N–H and O–H groups in total. The Bertz CT molecular complexity index is 2300. The van der Waals surface area contributed by atoms with Crippen molar-refractivity contribution in [1.29, 1.82) is 11.2 Å². The van der Waals surface area contributed by atoms with E-state index in [2.05, 4.69) is 144 Å². The predicted molar refractivity (Wildman–Crippen MR) is 304 cm³/mol. The number of nitrogens with two attached hydrogens (primary N) is 1. The highest BCUT2D eigenvalue weighted by molar-refractivity contribution is 6.41. The number of oxime groups is 1. The van der Waals surface area contributed by atoms with Crippen molar-refractivity contribution in [3.05, 3.63) is 109 Å². The molecular weight excluding hydrogens is 1230 g/mol. The molecule has 0 radical (unpaired) electrons. The third-order valence-electron chi connectivity index (χ3n) is 7.52. The molecule has 0 spiro atoms. The van der Waals surface area contributed by atoms with Crippen LogP contribution in [0.15, 0.2) is 90.1 Å². The minimum absolute atomic E-state index is 0. The highest BCUT2D eigenvalue weighted by Gasteiger charge is 2.26. The zero-order valence-corrected chi connectivity index (χ0v) is 46.2. The van der Waals surface area contributed by atoms with Gasteiger partial charge in [-0.1, -0.05) is 74.0 Å². The van der Waals surface area contributed by atoms with Crippen molar-refractivity contribution in [3.63, 3.8) is 0 Å². The van der Waals surface area contributed by atoms with Gasteiger partial charge < -0.3 is 89.7 Å². The molecular formula is C31H70N35O23+. The van der Waals surface area contributed by atoms with E-state index in [1.165, 1.54) is 18.3 Å². The van der Waals surface area contributed by atoms with Crippen LogP contribution in [0.1, 0.15) is 50.8 Å². The molecule has 0 aromatic heterocycles. The van der Waals surface area contributed by atoms with Crippen LogP contribution in [0.25, 0.3) is 0 Å². The molecule has 6 heterocycles. The van der Waals surface area contributed by atoms with Crippen molar-refractivity contribution in [2.24, 2.45) is 72.7 Å². The molecule has 6 aliphatic rings. The summed E-state index contributed by atoms with van der Waals surface area (Å²) in [7, 11) is 0. The lowest BCUT2D eigenvalue weighted by atomic mass is 10.5. The largest absolute Gasteiger partial charge is 1.00 e. The lowest BCUT2D eigenvalue weighted by Crippen LogP contribution is -2.38. The SMILES string of the molecule is C.CCC.CCC.N=O.N=O.NO.O=NC(=NO)C1=NCCN1.O=NC(NO)C1=NCCN1.O=NN=O.O=[N+]([O-])N=C(NO)C1=NCCN1.O=[N+]([O-])N=C(N[O-])C1=NCCN1.O=[N+]([O-])NC(=C1NCCN1)/[N+]([O-])=N/O.O=[N+]([O-])NC(=C1NCCN1)[N+]([O-])=NO.[H+].[H+]. The molecule has 0 aliphatic carbocycles. The van der Waals surface area contributed by atoms with E-state index >= 15 is 0 Å². The summed E-state index contributed by atoms with van der Waals surface area (Å²) in [4.78, 5) is 106. The Morgan fingerprint density at radius 3 is 1.16 bits per heavy atom. The number of nitro groups is 4. The minimum Gasteiger partial charge on any atom is -0.760 e. The van der Waals surface area contributed by atoms with Crippen molar-refractivity contribution < 1.29 is 63.9 Å². The van der Waals surface area contributed by atoms with Gasteiger partial charge in [0.25, 0.3) is 11.7 Å². The van der Waals surface area contributed by atoms with Gasteiger partial charge in [0, 0.05) is 63.2 Å². The maximum atomic E-state index is 10.8. The Labute approximate surface area is 499 Å². The first kappa shape index (κ1) is 90.7. The third-order valence-corrected chi connectivity index (χ3v) is 7.52. The van der Waals surface area contributed by atoms with Crippen LogP contribution in [-0.2, 0) is 0 Å². The Hall–Kier alpha value is -12.1. The lowest BCUT2D eigenvalue weighted by Gasteiger charge is -2.08. The molecule has 0 saturated carbocycles. The number of hydrazine groups is 2. The molecule has 1 unspecified atom stereocenters.